The van der Waals surface area contributed by atoms with Gasteiger partial charge in [0, 0.05) is 12.6 Å². The van der Waals surface area contributed by atoms with Crippen molar-refractivity contribution >= 4 is 17.5 Å². The molecule has 6 nitrogen and oxygen atoms in total. The molecule has 2 aromatic rings. The monoisotopic (exact) mass is 317 g/mol. The van der Waals surface area contributed by atoms with Gasteiger partial charge in [-0.05, 0) is 25.0 Å². The molecule has 1 unspecified atom stereocenters. The number of nitrogens with zero attached hydrogens (tertiary/aromatic N) is 2. The van der Waals surface area contributed by atoms with Crippen molar-refractivity contribution < 1.29 is 18.5 Å². The number of benzene rings is 1. The molecular formula is C16H16FN3O3. The third-order valence-corrected chi connectivity index (χ3v) is 3.75. The van der Waals surface area contributed by atoms with Crippen LogP contribution in [0.4, 0.5) is 10.1 Å². The number of nitrogens with one attached hydrogen (secondary N) is 1. The molecule has 1 aliphatic heterocycles. The minimum atomic E-state index is -0.650. The fourth-order valence-electron chi connectivity index (χ4n) is 2.66. The molecule has 3 rings (SSSR count). The highest BCUT2D eigenvalue weighted by Crippen LogP contribution is 2.23. The van der Waals surface area contributed by atoms with Crippen LogP contribution in [0.3, 0.4) is 0 Å². The van der Waals surface area contributed by atoms with Crippen LogP contribution in [0.2, 0.25) is 0 Å². The molecule has 23 heavy (non-hydrogen) atoms. The molecule has 0 radical (unpaired) electrons. The number of anilines is 1. The van der Waals surface area contributed by atoms with Crippen molar-refractivity contribution in [1.29, 1.82) is 0 Å². The third-order valence-electron chi connectivity index (χ3n) is 3.75. The van der Waals surface area contributed by atoms with Gasteiger partial charge in [0.2, 0.25) is 11.8 Å². The number of carbonyl (C=O) groups is 2. The number of hydrogen-bond acceptors (Lipinski definition) is 4. The van der Waals surface area contributed by atoms with Crippen LogP contribution in [-0.2, 0) is 16.0 Å². The van der Waals surface area contributed by atoms with E-state index >= 15 is 0 Å². The summed E-state index contributed by atoms with van der Waals surface area (Å²) in [5.74, 6) is -1.06. The Kier molecular flexibility index (Phi) is 4.36. The lowest BCUT2D eigenvalue weighted by Crippen LogP contribution is -2.53. The lowest BCUT2D eigenvalue weighted by Gasteiger charge is -2.32. The van der Waals surface area contributed by atoms with Crippen LogP contribution in [0.1, 0.15) is 18.5 Å². The Morgan fingerprint density at radius 1 is 1.39 bits per heavy atom. The molecule has 0 spiro atoms. The quantitative estimate of drug-likeness (QED) is 0.931. The zero-order valence-corrected chi connectivity index (χ0v) is 12.4. The number of aromatic nitrogens is 1. The summed E-state index contributed by atoms with van der Waals surface area (Å²) in [5, 5.41) is 6.35. The van der Waals surface area contributed by atoms with E-state index in [1.165, 1.54) is 17.2 Å². The van der Waals surface area contributed by atoms with Crippen molar-refractivity contribution in [3.05, 3.63) is 48.1 Å². The molecule has 0 aliphatic carbocycles. The number of rotatable bonds is 4. The molecular weight excluding hydrogens is 301 g/mol. The summed E-state index contributed by atoms with van der Waals surface area (Å²) in [6.07, 6.45) is 2.65. The Bertz CT molecular complexity index is 702. The number of piperidine rings is 1. The second-order valence-corrected chi connectivity index (χ2v) is 5.37. The number of carbonyl (C=O) groups excluding carboxylic acids is 2. The van der Waals surface area contributed by atoms with Gasteiger partial charge in [-0.25, -0.2) is 4.39 Å². The maximum absolute atomic E-state index is 13.9. The molecule has 0 bridgehead atoms. The summed E-state index contributed by atoms with van der Waals surface area (Å²) in [4.78, 5) is 25.9. The van der Waals surface area contributed by atoms with Gasteiger partial charge in [0.1, 0.15) is 18.1 Å². The van der Waals surface area contributed by atoms with Crippen molar-refractivity contribution in [2.45, 2.75) is 25.3 Å². The average Bonchev–Trinajstić information content (AvgIpc) is 3.03. The van der Waals surface area contributed by atoms with Gasteiger partial charge >= 0.3 is 0 Å². The highest BCUT2D eigenvalue weighted by molar-refractivity contribution is 6.00. The van der Waals surface area contributed by atoms with Gasteiger partial charge in [-0.2, -0.15) is 0 Å². The standard InChI is InChI=1S/C16H16FN3O3/c17-12-4-1-2-6-14(12)20-8-3-5-13(16(20)22)18-15(21)10-11-7-9-23-19-11/h1-2,4,6-7,9,13H,3,5,8,10H2,(H,18,21). The maximum atomic E-state index is 13.9. The Labute approximate surface area is 132 Å². The molecule has 1 aliphatic rings. The normalized spacial score (nSPS) is 18.0. The molecule has 1 aromatic heterocycles. The highest BCUT2D eigenvalue weighted by Gasteiger charge is 2.31. The number of amides is 2. The van der Waals surface area contributed by atoms with Gasteiger partial charge in [-0.15, -0.1) is 0 Å². The van der Waals surface area contributed by atoms with E-state index in [-0.39, 0.29) is 23.9 Å². The second kappa shape index (κ2) is 6.60. The summed E-state index contributed by atoms with van der Waals surface area (Å²) in [6, 6.07) is 7.07. The van der Waals surface area contributed by atoms with Crippen molar-refractivity contribution in [2.75, 3.05) is 11.4 Å². The fraction of sp³-hybridized carbons (Fsp3) is 0.312. The van der Waals surface area contributed by atoms with Crippen molar-refractivity contribution in [3.8, 4) is 0 Å². The Morgan fingerprint density at radius 2 is 2.22 bits per heavy atom. The fourth-order valence-corrected chi connectivity index (χ4v) is 2.66. The van der Waals surface area contributed by atoms with Crippen LogP contribution < -0.4 is 10.2 Å². The number of hydrogen-bond donors (Lipinski definition) is 1. The van der Waals surface area contributed by atoms with Crippen molar-refractivity contribution in [1.82, 2.24) is 10.5 Å². The van der Waals surface area contributed by atoms with Crippen LogP contribution in [0.25, 0.3) is 0 Å². The largest absolute Gasteiger partial charge is 0.364 e. The summed E-state index contributed by atoms with van der Waals surface area (Å²) in [6.45, 7) is 0.440. The Hall–Kier alpha value is -2.70. The summed E-state index contributed by atoms with van der Waals surface area (Å²) in [5.41, 5.74) is 0.740. The first-order valence-electron chi connectivity index (χ1n) is 7.39. The van der Waals surface area contributed by atoms with E-state index in [0.29, 0.717) is 25.1 Å². The van der Waals surface area contributed by atoms with Crippen LogP contribution >= 0.6 is 0 Å². The first-order valence-corrected chi connectivity index (χ1v) is 7.39. The summed E-state index contributed by atoms with van der Waals surface area (Å²) >= 11 is 0. The second-order valence-electron chi connectivity index (χ2n) is 5.37. The van der Waals surface area contributed by atoms with Gasteiger partial charge < -0.3 is 14.7 Å². The van der Waals surface area contributed by atoms with Gasteiger partial charge in [-0.3, -0.25) is 9.59 Å². The molecule has 1 atom stereocenters. The van der Waals surface area contributed by atoms with Crippen LogP contribution in [-0.4, -0.2) is 29.6 Å². The lowest BCUT2D eigenvalue weighted by molar-refractivity contribution is -0.128. The molecule has 0 saturated carbocycles. The topological polar surface area (TPSA) is 75.4 Å². The van der Waals surface area contributed by atoms with E-state index in [1.807, 2.05) is 0 Å². The smallest absolute Gasteiger partial charge is 0.249 e. The highest BCUT2D eigenvalue weighted by atomic mass is 19.1. The predicted molar refractivity (Wildman–Crippen MR) is 80.1 cm³/mol. The zero-order chi connectivity index (χ0) is 16.2. The first-order chi connectivity index (χ1) is 11.1. The van der Waals surface area contributed by atoms with Crippen LogP contribution in [0, 0.1) is 5.82 Å². The zero-order valence-electron chi connectivity index (χ0n) is 12.4. The minimum absolute atomic E-state index is 0.0416. The van der Waals surface area contributed by atoms with E-state index < -0.39 is 11.9 Å². The molecule has 1 aromatic carbocycles. The number of para-hydroxylation sites is 1. The maximum Gasteiger partial charge on any atom is 0.249 e. The van der Waals surface area contributed by atoms with Crippen molar-refractivity contribution in [3.63, 3.8) is 0 Å². The molecule has 1 saturated heterocycles. The Morgan fingerprint density at radius 3 is 2.96 bits per heavy atom. The van der Waals surface area contributed by atoms with E-state index in [2.05, 4.69) is 15.0 Å². The van der Waals surface area contributed by atoms with Crippen LogP contribution in [0.15, 0.2) is 41.1 Å². The SMILES string of the molecule is O=C(Cc1ccon1)NC1CCCN(c2ccccc2F)C1=O. The van der Waals surface area contributed by atoms with E-state index in [0.717, 1.165) is 0 Å². The number of halogens is 1. The molecule has 1 fully saturated rings. The van der Waals surface area contributed by atoms with E-state index in [1.54, 1.807) is 24.3 Å². The average molecular weight is 317 g/mol. The van der Waals surface area contributed by atoms with Gasteiger partial charge in [0.25, 0.3) is 0 Å². The van der Waals surface area contributed by atoms with E-state index in [9.17, 15) is 14.0 Å². The van der Waals surface area contributed by atoms with E-state index in [4.69, 9.17) is 0 Å². The molecule has 2 heterocycles. The molecule has 7 heteroatoms. The van der Waals surface area contributed by atoms with Gasteiger partial charge in [-0.1, -0.05) is 17.3 Å². The molecule has 2 amide bonds. The molecule has 1 N–H and O–H groups in total. The predicted octanol–water partition coefficient (Wildman–Crippen LogP) is 1.67. The van der Waals surface area contributed by atoms with Crippen molar-refractivity contribution in [2.24, 2.45) is 0 Å². The van der Waals surface area contributed by atoms with Gasteiger partial charge in [0.05, 0.1) is 17.8 Å². The third kappa shape index (κ3) is 3.39. The summed E-state index contributed by atoms with van der Waals surface area (Å²) < 4.78 is 18.6. The Balaban J connectivity index is 1.68. The summed E-state index contributed by atoms with van der Waals surface area (Å²) in [7, 11) is 0. The molecule has 120 valence electrons. The van der Waals surface area contributed by atoms with Crippen LogP contribution in [0.5, 0.6) is 0 Å². The van der Waals surface area contributed by atoms with Gasteiger partial charge in [0.15, 0.2) is 0 Å². The minimum Gasteiger partial charge on any atom is -0.364 e. The first kappa shape index (κ1) is 15.2. The lowest BCUT2D eigenvalue weighted by atomic mass is 10.0.